The number of alkyl halides is 3. The second-order valence-electron chi connectivity index (χ2n) is 3.90. The molecule has 0 fully saturated rings. The molecule has 0 aliphatic rings. The van der Waals surface area contributed by atoms with Crippen LogP contribution < -0.4 is 11.1 Å². The molecule has 19 heavy (non-hydrogen) atoms. The Morgan fingerprint density at radius 3 is 2.32 bits per heavy atom. The largest absolute Gasteiger partial charge is 0.418 e. The third-order valence-electron chi connectivity index (χ3n) is 2.51. The highest BCUT2D eigenvalue weighted by atomic mass is 19.4. The summed E-state index contributed by atoms with van der Waals surface area (Å²) in [5.74, 6) is -0.548. The lowest BCUT2D eigenvalue weighted by atomic mass is 10.1. The maximum Gasteiger partial charge on any atom is 0.418 e. The minimum Gasteiger partial charge on any atom is -0.398 e. The zero-order valence-corrected chi connectivity index (χ0v) is 9.63. The number of anilines is 3. The molecule has 0 saturated carbocycles. The Morgan fingerprint density at radius 2 is 1.68 bits per heavy atom. The molecule has 2 aromatic rings. The standard InChI is InChI=1S/C13H10F4N2/c14-10-3-1-2-4-12(10)19-8-5-6-11(18)9(7-8)13(15,16)17/h1-7,19H,18H2. The van der Waals surface area contributed by atoms with Crippen molar-refractivity contribution < 1.29 is 17.6 Å². The van der Waals surface area contributed by atoms with E-state index >= 15 is 0 Å². The van der Waals surface area contributed by atoms with Crippen molar-refractivity contribution in [2.24, 2.45) is 0 Å². The van der Waals surface area contributed by atoms with E-state index in [4.69, 9.17) is 5.73 Å². The predicted molar refractivity (Wildman–Crippen MR) is 65.5 cm³/mol. The van der Waals surface area contributed by atoms with Crippen LogP contribution in [-0.4, -0.2) is 0 Å². The maximum absolute atomic E-state index is 13.4. The molecule has 0 unspecified atom stereocenters. The molecule has 0 bridgehead atoms. The van der Waals surface area contributed by atoms with Crippen molar-refractivity contribution in [3.8, 4) is 0 Å². The fraction of sp³-hybridized carbons (Fsp3) is 0.0769. The summed E-state index contributed by atoms with van der Waals surface area (Å²) < 4.78 is 51.4. The van der Waals surface area contributed by atoms with E-state index in [2.05, 4.69) is 5.32 Å². The Labute approximate surface area is 106 Å². The van der Waals surface area contributed by atoms with Crippen LogP contribution in [0.25, 0.3) is 0 Å². The van der Waals surface area contributed by atoms with Gasteiger partial charge in [-0.1, -0.05) is 12.1 Å². The minimum absolute atomic E-state index is 0.0976. The molecule has 0 amide bonds. The average molecular weight is 270 g/mol. The van der Waals surface area contributed by atoms with Crippen molar-refractivity contribution in [3.05, 3.63) is 53.8 Å². The van der Waals surface area contributed by atoms with E-state index in [-0.39, 0.29) is 17.1 Å². The normalized spacial score (nSPS) is 11.4. The molecule has 0 heterocycles. The van der Waals surface area contributed by atoms with Gasteiger partial charge in [-0.3, -0.25) is 0 Å². The molecule has 2 aromatic carbocycles. The zero-order chi connectivity index (χ0) is 14.0. The van der Waals surface area contributed by atoms with Gasteiger partial charge in [-0.15, -0.1) is 0 Å². The number of rotatable bonds is 2. The first kappa shape index (κ1) is 13.2. The number of hydrogen-bond donors (Lipinski definition) is 2. The monoisotopic (exact) mass is 270 g/mol. The van der Waals surface area contributed by atoms with Crippen LogP contribution in [0, 0.1) is 5.82 Å². The quantitative estimate of drug-likeness (QED) is 0.635. The molecule has 0 aromatic heterocycles. The summed E-state index contributed by atoms with van der Waals surface area (Å²) in [6.07, 6.45) is -4.54. The van der Waals surface area contributed by atoms with E-state index < -0.39 is 17.6 Å². The number of nitrogens with two attached hydrogens (primary N) is 1. The fourth-order valence-electron chi connectivity index (χ4n) is 1.60. The molecule has 2 nitrogen and oxygen atoms in total. The fourth-order valence-corrected chi connectivity index (χ4v) is 1.60. The SMILES string of the molecule is Nc1ccc(Nc2ccccc2F)cc1C(F)(F)F. The first-order valence-electron chi connectivity index (χ1n) is 5.36. The lowest BCUT2D eigenvalue weighted by Gasteiger charge is -2.13. The van der Waals surface area contributed by atoms with Gasteiger partial charge in [0.05, 0.1) is 11.3 Å². The molecule has 2 rings (SSSR count). The van der Waals surface area contributed by atoms with Crippen molar-refractivity contribution in [2.45, 2.75) is 6.18 Å². The minimum atomic E-state index is -4.54. The van der Waals surface area contributed by atoms with Gasteiger partial charge in [-0.05, 0) is 30.3 Å². The Bertz CT molecular complexity index is 593. The van der Waals surface area contributed by atoms with Crippen LogP contribution in [-0.2, 0) is 6.18 Å². The Hall–Kier alpha value is -2.24. The van der Waals surface area contributed by atoms with Gasteiger partial charge in [0.25, 0.3) is 0 Å². The van der Waals surface area contributed by atoms with Crippen molar-refractivity contribution in [1.82, 2.24) is 0 Å². The van der Waals surface area contributed by atoms with Crippen LogP contribution in [0.3, 0.4) is 0 Å². The van der Waals surface area contributed by atoms with Crippen LogP contribution in [0.5, 0.6) is 0 Å². The molecular weight excluding hydrogens is 260 g/mol. The van der Waals surface area contributed by atoms with Gasteiger partial charge in [0.15, 0.2) is 0 Å². The highest BCUT2D eigenvalue weighted by Gasteiger charge is 2.33. The summed E-state index contributed by atoms with van der Waals surface area (Å²) in [4.78, 5) is 0. The third-order valence-corrected chi connectivity index (χ3v) is 2.51. The number of para-hydroxylation sites is 1. The molecule has 0 radical (unpaired) electrons. The van der Waals surface area contributed by atoms with Gasteiger partial charge in [-0.25, -0.2) is 4.39 Å². The topological polar surface area (TPSA) is 38.0 Å². The first-order valence-corrected chi connectivity index (χ1v) is 5.36. The van der Waals surface area contributed by atoms with Crippen LogP contribution in [0.4, 0.5) is 34.6 Å². The van der Waals surface area contributed by atoms with E-state index in [1.54, 1.807) is 6.07 Å². The summed E-state index contributed by atoms with van der Waals surface area (Å²) in [6, 6.07) is 9.05. The van der Waals surface area contributed by atoms with Crippen molar-refractivity contribution in [2.75, 3.05) is 11.1 Å². The molecule has 0 aliphatic heterocycles. The average Bonchev–Trinajstić information content (AvgIpc) is 2.33. The number of halogens is 4. The van der Waals surface area contributed by atoms with Crippen LogP contribution in [0.2, 0.25) is 0 Å². The molecule has 3 N–H and O–H groups in total. The van der Waals surface area contributed by atoms with Gasteiger partial charge in [0.2, 0.25) is 0 Å². The van der Waals surface area contributed by atoms with Crippen LogP contribution in [0.15, 0.2) is 42.5 Å². The van der Waals surface area contributed by atoms with Crippen LogP contribution >= 0.6 is 0 Å². The van der Waals surface area contributed by atoms with Crippen molar-refractivity contribution >= 4 is 17.1 Å². The zero-order valence-electron chi connectivity index (χ0n) is 9.63. The van der Waals surface area contributed by atoms with E-state index in [0.29, 0.717) is 0 Å². The van der Waals surface area contributed by atoms with E-state index in [1.807, 2.05) is 0 Å². The summed E-state index contributed by atoms with van der Waals surface area (Å²) in [5, 5.41) is 2.58. The highest BCUT2D eigenvalue weighted by molar-refractivity contribution is 5.65. The second kappa shape index (κ2) is 4.79. The Morgan fingerprint density at radius 1 is 1.00 bits per heavy atom. The highest BCUT2D eigenvalue weighted by Crippen LogP contribution is 2.35. The van der Waals surface area contributed by atoms with Crippen molar-refractivity contribution in [1.29, 1.82) is 0 Å². The molecule has 0 spiro atoms. The molecule has 6 heteroatoms. The summed E-state index contributed by atoms with van der Waals surface area (Å²) in [5.41, 5.74) is 4.17. The Kier molecular flexibility index (Phi) is 3.33. The molecule has 0 saturated heterocycles. The van der Waals surface area contributed by atoms with E-state index in [1.165, 1.54) is 24.3 Å². The smallest absolute Gasteiger partial charge is 0.398 e. The Balaban J connectivity index is 2.35. The number of nitrogen functional groups attached to an aromatic ring is 1. The number of nitrogens with one attached hydrogen (secondary N) is 1. The second-order valence-corrected chi connectivity index (χ2v) is 3.90. The van der Waals surface area contributed by atoms with Crippen LogP contribution in [0.1, 0.15) is 5.56 Å². The third kappa shape index (κ3) is 2.96. The summed E-state index contributed by atoms with van der Waals surface area (Å²) in [7, 11) is 0. The van der Waals surface area contributed by atoms with Crippen molar-refractivity contribution in [3.63, 3.8) is 0 Å². The molecule has 100 valence electrons. The predicted octanol–water partition coefficient (Wildman–Crippen LogP) is 4.17. The van der Waals surface area contributed by atoms with Gasteiger partial charge in [0, 0.05) is 11.4 Å². The van der Waals surface area contributed by atoms with E-state index in [0.717, 1.165) is 12.1 Å². The van der Waals surface area contributed by atoms with E-state index in [9.17, 15) is 17.6 Å². The number of benzene rings is 2. The molecule has 0 aliphatic carbocycles. The van der Waals surface area contributed by atoms with Gasteiger partial charge in [-0.2, -0.15) is 13.2 Å². The van der Waals surface area contributed by atoms with Gasteiger partial charge >= 0.3 is 6.18 Å². The summed E-state index contributed by atoms with van der Waals surface area (Å²) in [6.45, 7) is 0. The lowest BCUT2D eigenvalue weighted by molar-refractivity contribution is -0.136. The van der Waals surface area contributed by atoms with Gasteiger partial charge < -0.3 is 11.1 Å². The van der Waals surface area contributed by atoms with Gasteiger partial charge in [0.1, 0.15) is 5.82 Å². The lowest BCUT2D eigenvalue weighted by Crippen LogP contribution is -2.09. The number of hydrogen-bond acceptors (Lipinski definition) is 2. The maximum atomic E-state index is 13.4. The molecular formula is C13H10F4N2. The first-order chi connectivity index (χ1) is 8.88. The summed E-state index contributed by atoms with van der Waals surface area (Å²) >= 11 is 0. The molecule has 0 atom stereocenters.